The minimum absolute atomic E-state index is 0.121. The summed E-state index contributed by atoms with van der Waals surface area (Å²) in [5.41, 5.74) is 7.88. The quantitative estimate of drug-likeness (QED) is 0.352. The van der Waals surface area contributed by atoms with Crippen LogP contribution >= 0.6 is 12.6 Å². The lowest BCUT2D eigenvalue weighted by Crippen LogP contribution is -2.60. The largest absolute Gasteiger partial charge is 0.377 e. The highest BCUT2D eigenvalue weighted by atomic mass is 32.2. The molecule has 1 atom stereocenters. The van der Waals surface area contributed by atoms with Crippen LogP contribution in [0, 0.1) is 0 Å². The molecule has 4 N–H and O–H groups in total. The highest BCUT2D eigenvalue weighted by Gasteiger charge is 2.47. The Morgan fingerprint density at radius 1 is 1.33 bits per heavy atom. The van der Waals surface area contributed by atoms with Gasteiger partial charge in [0.15, 0.2) is 0 Å². The van der Waals surface area contributed by atoms with Crippen molar-refractivity contribution in [1.82, 2.24) is 5.48 Å². The van der Waals surface area contributed by atoms with Gasteiger partial charge in [0.1, 0.15) is 0 Å². The Morgan fingerprint density at radius 2 is 2.00 bits per heavy atom. The standard InChI is InChI=1S/C15H19N3O4S2/c1-18(2)13-5-3-4-10-6-7-11(8-12(10)13)24(21,22)15(16,9-23)14(19)17-20/h3-8,20,23H,9,16H2,1-2H3,(H,17,19)/t15-/m1/s1. The maximum Gasteiger partial charge on any atom is 0.280 e. The second-order valence-electron chi connectivity index (χ2n) is 5.55. The van der Waals surface area contributed by atoms with E-state index in [1.54, 1.807) is 6.07 Å². The second-order valence-corrected chi connectivity index (χ2v) is 8.07. The van der Waals surface area contributed by atoms with Crippen molar-refractivity contribution in [2.24, 2.45) is 5.73 Å². The van der Waals surface area contributed by atoms with Crippen molar-refractivity contribution in [3.63, 3.8) is 0 Å². The summed E-state index contributed by atoms with van der Waals surface area (Å²) in [7, 11) is -0.598. The number of carbonyl (C=O) groups excluding carboxylic acids is 1. The fraction of sp³-hybridized carbons (Fsp3) is 0.267. The number of anilines is 1. The molecule has 0 unspecified atom stereocenters. The molecule has 0 bridgehead atoms. The first-order valence-corrected chi connectivity index (χ1v) is 9.09. The van der Waals surface area contributed by atoms with Gasteiger partial charge in [-0.15, -0.1) is 0 Å². The zero-order valence-corrected chi connectivity index (χ0v) is 14.9. The maximum absolute atomic E-state index is 12.9. The molecule has 0 aliphatic heterocycles. The van der Waals surface area contributed by atoms with Crippen LogP contribution in [0.1, 0.15) is 0 Å². The minimum Gasteiger partial charge on any atom is -0.377 e. The molecule has 0 saturated heterocycles. The van der Waals surface area contributed by atoms with Crippen LogP contribution in [0.3, 0.4) is 0 Å². The van der Waals surface area contributed by atoms with Crippen molar-refractivity contribution in [2.45, 2.75) is 9.77 Å². The first kappa shape index (κ1) is 18.5. The molecule has 7 nitrogen and oxygen atoms in total. The van der Waals surface area contributed by atoms with Crippen molar-refractivity contribution in [3.8, 4) is 0 Å². The molecule has 2 rings (SSSR count). The van der Waals surface area contributed by atoms with Crippen LogP contribution in [0.2, 0.25) is 0 Å². The molecule has 0 saturated carbocycles. The zero-order chi connectivity index (χ0) is 18.1. The lowest BCUT2D eigenvalue weighted by atomic mass is 10.1. The number of amides is 1. The number of thiol groups is 1. The molecule has 0 spiro atoms. The van der Waals surface area contributed by atoms with E-state index in [1.165, 1.54) is 17.6 Å². The first-order valence-electron chi connectivity index (χ1n) is 6.98. The van der Waals surface area contributed by atoms with Crippen LogP contribution in [-0.4, -0.2) is 44.3 Å². The van der Waals surface area contributed by atoms with Crippen LogP contribution in [0.25, 0.3) is 10.8 Å². The molecule has 1 amide bonds. The number of nitrogens with one attached hydrogen (secondary N) is 1. The third kappa shape index (κ3) is 2.84. The van der Waals surface area contributed by atoms with E-state index < -0.39 is 26.4 Å². The number of hydroxylamine groups is 1. The topological polar surface area (TPSA) is 113 Å². The van der Waals surface area contributed by atoms with Gasteiger partial charge >= 0.3 is 0 Å². The van der Waals surface area contributed by atoms with E-state index in [1.807, 2.05) is 37.2 Å². The Labute approximate surface area is 145 Å². The van der Waals surface area contributed by atoms with Gasteiger partial charge in [0.05, 0.1) is 4.90 Å². The van der Waals surface area contributed by atoms with Gasteiger partial charge in [-0.2, -0.15) is 12.6 Å². The van der Waals surface area contributed by atoms with Crippen molar-refractivity contribution in [2.75, 3.05) is 24.7 Å². The molecular weight excluding hydrogens is 350 g/mol. The van der Waals surface area contributed by atoms with Crippen LogP contribution in [0.15, 0.2) is 41.3 Å². The number of nitrogens with two attached hydrogens (primary N) is 1. The summed E-state index contributed by atoms with van der Waals surface area (Å²) in [6.07, 6.45) is 0. The van der Waals surface area contributed by atoms with Gasteiger partial charge in [0.2, 0.25) is 14.7 Å². The molecule has 0 heterocycles. The number of hydrogen-bond acceptors (Lipinski definition) is 7. The summed E-state index contributed by atoms with van der Waals surface area (Å²) in [5, 5.41) is 10.4. The summed E-state index contributed by atoms with van der Waals surface area (Å²) >= 11 is 3.88. The first-order chi connectivity index (χ1) is 11.2. The van der Waals surface area contributed by atoms with Crippen molar-refractivity contribution in [3.05, 3.63) is 36.4 Å². The van der Waals surface area contributed by atoms with Crippen molar-refractivity contribution >= 4 is 44.8 Å². The monoisotopic (exact) mass is 369 g/mol. The van der Waals surface area contributed by atoms with Crippen LogP contribution in [-0.2, 0) is 14.6 Å². The number of benzene rings is 2. The number of carbonyl (C=O) groups is 1. The molecular formula is C15H19N3O4S2. The van der Waals surface area contributed by atoms with Gasteiger partial charge in [-0.05, 0) is 23.6 Å². The lowest BCUT2D eigenvalue weighted by Gasteiger charge is -2.25. The SMILES string of the molecule is CN(C)c1cccc2ccc(S(=O)(=O)[C@](N)(CS)C(=O)NO)cc12. The second kappa shape index (κ2) is 6.60. The minimum atomic E-state index is -4.29. The normalized spacial score (nSPS) is 14.2. The molecule has 0 radical (unpaired) electrons. The van der Waals surface area contributed by atoms with Gasteiger partial charge < -0.3 is 10.6 Å². The third-order valence-corrected chi connectivity index (χ3v) is 6.70. The molecule has 9 heteroatoms. The summed E-state index contributed by atoms with van der Waals surface area (Å²) < 4.78 is 25.7. The molecule has 0 fully saturated rings. The molecule has 0 aromatic heterocycles. The Balaban J connectivity index is 2.72. The molecule has 2 aromatic rings. The summed E-state index contributed by atoms with van der Waals surface area (Å²) in [4.78, 5) is 11.2. The van der Waals surface area contributed by atoms with Gasteiger partial charge in [0, 0.05) is 30.9 Å². The Morgan fingerprint density at radius 3 is 2.54 bits per heavy atom. The Hall–Kier alpha value is -1.81. The van der Waals surface area contributed by atoms with Gasteiger partial charge in [-0.25, -0.2) is 13.9 Å². The van der Waals surface area contributed by atoms with Crippen molar-refractivity contribution in [1.29, 1.82) is 0 Å². The van der Waals surface area contributed by atoms with Crippen LogP contribution in [0.5, 0.6) is 0 Å². The van der Waals surface area contributed by atoms with Gasteiger partial charge in [-0.3, -0.25) is 10.0 Å². The molecule has 2 aromatic carbocycles. The van der Waals surface area contributed by atoms with Crippen LogP contribution in [0.4, 0.5) is 5.69 Å². The average Bonchev–Trinajstić information content (AvgIpc) is 2.58. The fourth-order valence-corrected chi connectivity index (χ4v) is 4.43. The zero-order valence-electron chi connectivity index (χ0n) is 13.2. The highest BCUT2D eigenvalue weighted by molar-refractivity contribution is 7.94. The fourth-order valence-electron chi connectivity index (χ4n) is 2.38. The number of nitrogens with zero attached hydrogens (tertiary/aromatic N) is 1. The predicted molar refractivity (Wildman–Crippen MR) is 96.2 cm³/mol. The summed E-state index contributed by atoms with van der Waals surface area (Å²) in [6, 6.07) is 10.1. The lowest BCUT2D eigenvalue weighted by molar-refractivity contribution is -0.131. The van der Waals surface area contributed by atoms with E-state index in [4.69, 9.17) is 10.9 Å². The summed E-state index contributed by atoms with van der Waals surface area (Å²) in [6.45, 7) is 0. The Kier molecular flexibility index (Phi) is 5.09. The van der Waals surface area contributed by atoms with Gasteiger partial charge in [0.25, 0.3) is 5.91 Å². The van der Waals surface area contributed by atoms with E-state index in [-0.39, 0.29) is 4.90 Å². The average molecular weight is 369 g/mol. The van der Waals surface area contributed by atoms with E-state index in [2.05, 4.69) is 12.6 Å². The van der Waals surface area contributed by atoms with E-state index in [0.29, 0.717) is 5.39 Å². The van der Waals surface area contributed by atoms with E-state index >= 15 is 0 Å². The Bertz CT molecular complexity index is 883. The predicted octanol–water partition coefficient (Wildman–Crippen LogP) is 0.770. The number of sulfone groups is 1. The van der Waals surface area contributed by atoms with Crippen molar-refractivity contribution < 1.29 is 18.4 Å². The number of hydrogen-bond donors (Lipinski definition) is 4. The summed E-state index contributed by atoms with van der Waals surface area (Å²) in [5.74, 6) is -1.73. The molecule has 24 heavy (non-hydrogen) atoms. The smallest absolute Gasteiger partial charge is 0.280 e. The maximum atomic E-state index is 12.9. The number of rotatable bonds is 5. The van der Waals surface area contributed by atoms with E-state index in [9.17, 15) is 13.2 Å². The highest BCUT2D eigenvalue weighted by Crippen LogP contribution is 2.31. The third-order valence-electron chi connectivity index (χ3n) is 3.82. The number of fused-ring (bicyclic) bond motifs is 1. The molecule has 0 aliphatic carbocycles. The molecule has 0 aliphatic rings. The molecule has 130 valence electrons. The van der Waals surface area contributed by atoms with E-state index in [0.717, 1.165) is 11.1 Å². The van der Waals surface area contributed by atoms with Crippen LogP contribution < -0.4 is 16.1 Å². The van der Waals surface area contributed by atoms with Gasteiger partial charge in [-0.1, -0.05) is 18.2 Å².